The van der Waals surface area contributed by atoms with Crippen molar-refractivity contribution >= 4 is 29.1 Å². The van der Waals surface area contributed by atoms with E-state index in [9.17, 15) is 9.59 Å². The molecule has 2 amide bonds. The zero-order valence-electron chi connectivity index (χ0n) is 21.9. The molecule has 5 nitrogen and oxygen atoms in total. The summed E-state index contributed by atoms with van der Waals surface area (Å²) in [7, 11) is 0. The highest BCUT2D eigenvalue weighted by molar-refractivity contribution is 6.30. The van der Waals surface area contributed by atoms with Crippen molar-refractivity contribution in [1.29, 1.82) is 0 Å². The van der Waals surface area contributed by atoms with Crippen LogP contribution in [0.15, 0.2) is 42.5 Å². The molecule has 2 aliphatic rings. The van der Waals surface area contributed by atoms with Gasteiger partial charge in [0.1, 0.15) is 0 Å². The van der Waals surface area contributed by atoms with Crippen molar-refractivity contribution in [3.63, 3.8) is 0 Å². The van der Waals surface area contributed by atoms with Crippen LogP contribution in [-0.4, -0.2) is 42.9 Å². The van der Waals surface area contributed by atoms with Gasteiger partial charge in [0, 0.05) is 23.2 Å². The molecule has 0 unspecified atom stereocenters. The van der Waals surface area contributed by atoms with Gasteiger partial charge in [0.2, 0.25) is 11.8 Å². The first kappa shape index (κ1) is 26.7. The van der Waals surface area contributed by atoms with Crippen LogP contribution in [0.3, 0.4) is 0 Å². The smallest absolute Gasteiger partial charge is 0.230 e. The number of benzene rings is 2. The standard InChI is InChI=1S/C30H40ClN3O2/c1-21(2)28(35)33-26-11-6-22(3)27(20-26)23-12-18-34(19-13-23)17-5-16-32-29(36)30(14-4-15-30)24-7-9-25(31)10-8-24/h6-11,20-21,23H,4-5,12-19H2,1-3H3,(H,32,36)(H,33,35). The summed E-state index contributed by atoms with van der Waals surface area (Å²) < 4.78 is 0. The Labute approximate surface area is 221 Å². The highest BCUT2D eigenvalue weighted by Crippen LogP contribution is 2.44. The van der Waals surface area contributed by atoms with E-state index in [4.69, 9.17) is 11.6 Å². The lowest BCUT2D eigenvalue weighted by Gasteiger charge is -2.41. The second kappa shape index (κ2) is 11.8. The first-order valence-corrected chi connectivity index (χ1v) is 13.8. The molecule has 2 aromatic rings. The minimum absolute atomic E-state index is 0.0283. The molecule has 36 heavy (non-hydrogen) atoms. The number of hydrogen-bond donors (Lipinski definition) is 2. The van der Waals surface area contributed by atoms with E-state index in [1.807, 2.05) is 44.2 Å². The summed E-state index contributed by atoms with van der Waals surface area (Å²) in [5, 5.41) is 6.97. The average molecular weight is 510 g/mol. The van der Waals surface area contributed by atoms with E-state index in [2.05, 4.69) is 34.6 Å². The maximum atomic E-state index is 13.1. The lowest BCUT2D eigenvalue weighted by atomic mass is 9.64. The van der Waals surface area contributed by atoms with Crippen molar-refractivity contribution in [2.24, 2.45) is 5.92 Å². The van der Waals surface area contributed by atoms with Gasteiger partial charge in [-0.1, -0.05) is 50.1 Å². The molecule has 1 aliphatic heterocycles. The van der Waals surface area contributed by atoms with Gasteiger partial charge in [0.05, 0.1) is 5.41 Å². The Hall–Kier alpha value is -2.37. The molecular formula is C30H40ClN3O2. The summed E-state index contributed by atoms with van der Waals surface area (Å²) in [6.45, 7) is 9.84. The van der Waals surface area contributed by atoms with Gasteiger partial charge in [-0.2, -0.15) is 0 Å². The largest absolute Gasteiger partial charge is 0.355 e. The Balaban J connectivity index is 1.22. The second-order valence-corrected chi connectivity index (χ2v) is 11.3. The Bertz CT molecular complexity index is 1050. The van der Waals surface area contributed by atoms with Gasteiger partial charge in [-0.15, -0.1) is 0 Å². The number of nitrogens with one attached hydrogen (secondary N) is 2. The Morgan fingerprint density at radius 2 is 1.78 bits per heavy atom. The third-order valence-corrected chi connectivity index (χ3v) is 8.33. The number of carbonyl (C=O) groups excluding carboxylic acids is 2. The van der Waals surface area contributed by atoms with Crippen LogP contribution in [0.2, 0.25) is 5.02 Å². The van der Waals surface area contributed by atoms with Crippen LogP contribution in [0.1, 0.15) is 75.0 Å². The summed E-state index contributed by atoms with van der Waals surface area (Å²) >= 11 is 6.05. The number of likely N-dealkylation sites (tertiary alicyclic amines) is 1. The van der Waals surface area contributed by atoms with E-state index < -0.39 is 0 Å². The molecule has 0 bridgehead atoms. The molecule has 1 saturated carbocycles. The quantitative estimate of drug-likeness (QED) is 0.404. The first-order valence-electron chi connectivity index (χ1n) is 13.5. The molecule has 0 radical (unpaired) electrons. The van der Waals surface area contributed by atoms with E-state index in [-0.39, 0.29) is 23.1 Å². The van der Waals surface area contributed by atoms with Gasteiger partial charge in [0.25, 0.3) is 0 Å². The van der Waals surface area contributed by atoms with Crippen LogP contribution in [-0.2, 0) is 15.0 Å². The van der Waals surface area contributed by atoms with Crippen molar-refractivity contribution in [1.82, 2.24) is 10.2 Å². The minimum Gasteiger partial charge on any atom is -0.355 e. The molecule has 2 fully saturated rings. The molecule has 194 valence electrons. The Morgan fingerprint density at radius 3 is 2.39 bits per heavy atom. The van der Waals surface area contributed by atoms with Gasteiger partial charge >= 0.3 is 0 Å². The fourth-order valence-electron chi connectivity index (χ4n) is 5.53. The van der Waals surface area contributed by atoms with Crippen molar-refractivity contribution in [2.75, 3.05) is 31.5 Å². The molecule has 4 rings (SSSR count). The number of rotatable bonds is 9. The third-order valence-electron chi connectivity index (χ3n) is 8.07. The predicted octanol–water partition coefficient (Wildman–Crippen LogP) is 6.05. The predicted molar refractivity (Wildman–Crippen MR) is 148 cm³/mol. The Morgan fingerprint density at radius 1 is 1.08 bits per heavy atom. The molecule has 1 saturated heterocycles. The molecular weight excluding hydrogens is 470 g/mol. The van der Waals surface area contributed by atoms with E-state index >= 15 is 0 Å². The maximum Gasteiger partial charge on any atom is 0.230 e. The van der Waals surface area contributed by atoms with Crippen LogP contribution in [0, 0.1) is 12.8 Å². The molecule has 0 spiro atoms. The number of hydrogen-bond acceptors (Lipinski definition) is 3. The lowest BCUT2D eigenvalue weighted by molar-refractivity contribution is -0.130. The SMILES string of the molecule is Cc1ccc(NC(=O)C(C)C)cc1C1CCN(CCCNC(=O)C2(c3ccc(Cl)cc3)CCC2)CC1. The monoisotopic (exact) mass is 509 g/mol. The fourth-order valence-corrected chi connectivity index (χ4v) is 5.66. The summed E-state index contributed by atoms with van der Waals surface area (Å²) in [6.07, 6.45) is 6.12. The molecule has 1 aliphatic carbocycles. The fraction of sp³-hybridized carbons (Fsp3) is 0.533. The maximum absolute atomic E-state index is 13.1. The van der Waals surface area contributed by atoms with Crippen LogP contribution >= 0.6 is 11.6 Å². The van der Waals surface area contributed by atoms with E-state index in [0.29, 0.717) is 17.5 Å². The molecule has 0 aromatic heterocycles. The molecule has 2 N–H and O–H groups in total. The number of amides is 2. The summed E-state index contributed by atoms with van der Waals surface area (Å²) in [6, 6.07) is 14.1. The average Bonchev–Trinajstić information content (AvgIpc) is 2.84. The number of carbonyl (C=O) groups is 2. The van der Waals surface area contributed by atoms with E-state index in [1.54, 1.807) is 0 Å². The van der Waals surface area contributed by atoms with Crippen molar-refractivity contribution in [2.45, 2.75) is 70.6 Å². The van der Waals surface area contributed by atoms with E-state index in [1.165, 1.54) is 11.1 Å². The number of piperidine rings is 1. The van der Waals surface area contributed by atoms with Gasteiger partial charge < -0.3 is 15.5 Å². The van der Waals surface area contributed by atoms with Crippen LogP contribution < -0.4 is 10.6 Å². The number of aryl methyl sites for hydroxylation is 1. The highest BCUT2D eigenvalue weighted by atomic mass is 35.5. The van der Waals surface area contributed by atoms with Gasteiger partial charge in [-0.05, 0) is 106 Å². The number of anilines is 1. The molecule has 0 atom stereocenters. The van der Waals surface area contributed by atoms with E-state index in [0.717, 1.165) is 69.4 Å². The topological polar surface area (TPSA) is 61.4 Å². The normalized spacial score (nSPS) is 18.0. The zero-order valence-corrected chi connectivity index (χ0v) is 22.7. The minimum atomic E-state index is -0.371. The molecule has 2 aromatic carbocycles. The molecule has 6 heteroatoms. The van der Waals surface area contributed by atoms with Crippen LogP contribution in [0.25, 0.3) is 0 Å². The number of halogens is 1. The zero-order chi connectivity index (χ0) is 25.7. The summed E-state index contributed by atoms with van der Waals surface area (Å²) in [4.78, 5) is 27.7. The second-order valence-electron chi connectivity index (χ2n) is 10.9. The summed E-state index contributed by atoms with van der Waals surface area (Å²) in [5.74, 6) is 0.715. The molecule has 1 heterocycles. The lowest BCUT2D eigenvalue weighted by Crippen LogP contribution is -2.49. The van der Waals surface area contributed by atoms with Crippen molar-refractivity contribution in [3.05, 3.63) is 64.2 Å². The van der Waals surface area contributed by atoms with Crippen molar-refractivity contribution in [3.8, 4) is 0 Å². The number of nitrogens with zero attached hydrogens (tertiary/aromatic N) is 1. The van der Waals surface area contributed by atoms with Crippen LogP contribution in [0.5, 0.6) is 0 Å². The summed E-state index contributed by atoms with van der Waals surface area (Å²) in [5.41, 5.74) is 4.27. The van der Waals surface area contributed by atoms with Gasteiger partial charge in [0.15, 0.2) is 0 Å². The van der Waals surface area contributed by atoms with Gasteiger partial charge in [-0.3, -0.25) is 9.59 Å². The highest BCUT2D eigenvalue weighted by Gasteiger charge is 2.45. The van der Waals surface area contributed by atoms with Crippen molar-refractivity contribution < 1.29 is 9.59 Å². The Kier molecular flexibility index (Phi) is 8.74. The van der Waals surface area contributed by atoms with Crippen LogP contribution in [0.4, 0.5) is 5.69 Å². The van der Waals surface area contributed by atoms with Gasteiger partial charge in [-0.25, -0.2) is 0 Å². The third kappa shape index (κ3) is 6.12. The first-order chi connectivity index (χ1) is 17.3.